The minimum absolute atomic E-state index is 0.0738. The summed E-state index contributed by atoms with van der Waals surface area (Å²) >= 11 is 1.42. The molecule has 5 rings (SSSR count). The van der Waals surface area contributed by atoms with Gasteiger partial charge in [0.2, 0.25) is 17.9 Å². The lowest BCUT2D eigenvalue weighted by Gasteiger charge is -2.37. The molecule has 2 aromatic carbocycles. The molecule has 3 amide bonds. The summed E-state index contributed by atoms with van der Waals surface area (Å²) in [6.07, 6.45) is -0.552. The zero-order valence-corrected chi connectivity index (χ0v) is 18.2. The van der Waals surface area contributed by atoms with Crippen LogP contribution in [0.1, 0.15) is 6.42 Å². The van der Waals surface area contributed by atoms with Gasteiger partial charge in [-0.15, -0.1) is 11.8 Å². The van der Waals surface area contributed by atoms with E-state index in [9.17, 15) is 14.4 Å². The van der Waals surface area contributed by atoms with Gasteiger partial charge in [0, 0.05) is 37.5 Å². The molecule has 3 aliphatic heterocycles. The molecule has 166 valence electrons. The van der Waals surface area contributed by atoms with Crippen LogP contribution < -0.4 is 14.8 Å². The maximum absolute atomic E-state index is 12.9. The zero-order chi connectivity index (χ0) is 22.1. The number of nitrogens with one attached hydrogen (secondary N) is 1. The van der Waals surface area contributed by atoms with E-state index in [-0.39, 0.29) is 30.7 Å². The highest BCUT2D eigenvalue weighted by molar-refractivity contribution is 8.01. The van der Waals surface area contributed by atoms with Crippen molar-refractivity contribution in [2.24, 2.45) is 0 Å². The smallest absolute Gasteiger partial charge is 0.267 e. The van der Waals surface area contributed by atoms with E-state index in [1.807, 2.05) is 42.5 Å². The molecule has 0 unspecified atom stereocenters. The molecule has 1 N–H and O–H groups in total. The average Bonchev–Trinajstić information content (AvgIpc) is 2.84. The van der Waals surface area contributed by atoms with Gasteiger partial charge in [-0.25, -0.2) is 0 Å². The molecule has 0 bridgehead atoms. The molecule has 0 radical (unpaired) electrons. The maximum atomic E-state index is 12.9. The highest BCUT2D eigenvalue weighted by Gasteiger charge is 2.35. The molecule has 8 nitrogen and oxygen atoms in total. The summed E-state index contributed by atoms with van der Waals surface area (Å²) < 4.78 is 11.5. The summed E-state index contributed by atoms with van der Waals surface area (Å²) in [5, 5.41) is 2.42. The summed E-state index contributed by atoms with van der Waals surface area (Å²) in [7, 11) is 0. The van der Waals surface area contributed by atoms with Crippen molar-refractivity contribution in [1.29, 1.82) is 0 Å². The van der Waals surface area contributed by atoms with Crippen LogP contribution >= 0.6 is 11.8 Å². The largest absolute Gasteiger partial charge is 0.485 e. The molecule has 9 heteroatoms. The Kier molecular flexibility index (Phi) is 5.65. The molecular weight excluding hydrogens is 430 g/mol. The van der Waals surface area contributed by atoms with Crippen LogP contribution in [0, 0.1) is 0 Å². The molecule has 1 saturated heterocycles. The third-order valence-electron chi connectivity index (χ3n) is 5.79. The normalized spacial score (nSPS) is 22.1. The predicted octanol–water partition coefficient (Wildman–Crippen LogP) is 2.00. The molecular formula is C23H23N3O5S. The van der Waals surface area contributed by atoms with Crippen molar-refractivity contribution in [1.82, 2.24) is 9.80 Å². The van der Waals surface area contributed by atoms with Crippen LogP contribution in [-0.2, 0) is 14.4 Å². The zero-order valence-electron chi connectivity index (χ0n) is 17.4. The predicted molar refractivity (Wildman–Crippen MR) is 119 cm³/mol. The monoisotopic (exact) mass is 453 g/mol. The summed E-state index contributed by atoms with van der Waals surface area (Å²) in [6, 6.07) is 14.9. The average molecular weight is 454 g/mol. The van der Waals surface area contributed by atoms with Crippen LogP contribution in [0.3, 0.4) is 0 Å². The van der Waals surface area contributed by atoms with E-state index in [4.69, 9.17) is 9.47 Å². The topological polar surface area (TPSA) is 88.2 Å². The number of nitrogens with zero attached hydrogens (tertiary/aromatic N) is 2. The lowest BCUT2D eigenvalue weighted by Crippen LogP contribution is -2.55. The van der Waals surface area contributed by atoms with E-state index in [0.29, 0.717) is 37.7 Å². The molecule has 1 fully saturated rings. The lowest BCUT2D eigenvalue weighted by atomic mass is 10.2. The third-order valence-corrected chi connectivity index (χ3v) is 7.07. The Morgan fingerprint density at radius 3 is 2.47 bits per heavy atom. The van der Waals surface area contributed by atoms with E-state index in [2.05, 4.69) is 5.32 Å². The Balaban J connectivity index is 1.14. The molecule has 0 saturated carbocycles. The molecule has 3 aliphatic rings. The van der Waals surface area contributed by atoms with Gasteiger partial charge in [-0.05, 0) is 24.3 Å². The second kappa shape index (κ2) is 8.74. The van der Waals surface area contributed by atoms with Crippen LogP contribution in [0.2, 0.25) is 0 Å². The number of amides is 3. The summed E-state index contributed by atoms with van der Waals surface area (Å²) in [5.74, 6) is 0.848. The molecule has 0 aromatic heterocycles. The molecule has 0 spiro atoms. The van der Waals surface area contributed by atoms with E-state index in [1.54, 1.807) is 15.9 Å². The standard InChI is InChI=1S/C23H23N3O5S/c27-21(13-20-22(28)24-15-5-1-4-8-19(15)32-20)25-9-11-26(12-10-25)23(29)18-14-30-16-6-2-3-7-17(16)31-18/h1-8,18,20H,9-14H2,(H,24,28)/t18-,20-/m1/s1. The number of fused-ring (bicyclic) bond motifs is 2. The lowest BCUT2D eigenvalue weighted by molar-refractivity contribution is -0.146. The first-order chi connectivity index (χ1) is 15.6. The van der Waals surface area contributed by atoms with Crippen molar-refractivity contribution in [3.63, 3.8) is 0 Å². The fraction of sp³-hybridized carbons (Fsp3) is 0.348. The van der Waals surface area contributed by atoms with Crippen LogP contribution in [0.25, 0.3) is 0 Å². The van der Waals surface area contributed by atoms with Crippen molar-refractivity contribution in [2.45, 2.75) is 22.7 Å². The Morgan fingerprint density at radius 2 is 1.66 bits per heavy atom. The van der Waals surface area contributed by atoms with Gasteiger partial charge in [-0.2, -0.15) is 0 Å². The number of anilines is 1. The van der Waals surface area contributed by atoms with Gasteiger partial charge in [-0.1, -0.05) is 24.3 Å². The Hall–Kier alpha value is -3.20. The number of carbonyl (C=O) groups excluding carboxylic acids is 3. The fourth-order valence-electron chi connectivity index (χ4n) is 4.04. The van der Waals surface area contributed by atoms with Crippen molar-refractivity contribution in [3.05, 3.63) is 48.5 Å². The molecule has 32 heavy (non-hydrogen) atoms. The number of piperazine rings is 1. The number of para-hydroxylation sites is 3. The van der Waals surface area contributed by atoms with Gasteiger partial charge in [0.15, 0.2) is 11.5 Å². The molecule has 0 aliphatic carbocycles. The highest BCUT2D eigenvalue weighted by Crippen LogP contribution is 2.37. The summed E-state index contributed by atoms with van der Waals surface area (Å²) in [4.78, 5) is 42.5. The van der Waals surface area contributed by atoms with E-state index in [1.165, 1.54) is 11.8 Å². The number of hydrogen-bond acceptors (Lipinski definition) is 6. The van der Waals surface area contributed by atoms with Crippen LogP contribution in [0.15, 0.2) is 53.4 Å². The number of rotatable bonds is 3. The van der Waals surface area contributed by atoms with Crippen molar-refractivity contribution < 1.29 is 23.9 Å². The van der Waals surface area contributed by atoms with Gasteiger partial charge < -0.3 is 24.6 Å². The minimum atomic E-state index is -0.686. The second-order valence-electron chi connectivity index (χ2n) is 7.87. The van der Waals surface area contributed by atoms with Crippen LogP contribution in [-0.4, -0.2) is 71.7 Å². The Bertz CT molecular complexity index is 1050. The Labute approximate surface area is 189 Å². The van der Waals surface area contributed by atoms with Crippen LogP contribution in [0.5, 0.6) is 11.5 Å². The number of thioether (sulfide) groups is 1. The quantitative estimate of drug-likeness (QED) is 0.765. The van der Waals surface area contributed by atoms with Crippen molar-refractivity contribution in [2.75, 3.05) is 38.1 Å². The molecule has 3 heterocycles. The second-order valence-corrected chi connectivity index (χ2v) is 9.11. The number of hydrogen-bond donors (Lipinski definition) is 1. The van der Waals surface area contributed by atoms with Gasteiger partial charge in [0.25, 0.3) is 5.91 Å². The van der Waals surface area contributed by atoms with Crippen LogP contribution in [0.4, 0.5) is 5.69 Å². The van der Waals surface area contributed by atoms with E-state index < -0.39 is 11.4 Å². The number of benzene rings is 2. The van der Waals surface area contributed by atoms with E-state index >= 15 is 0 Å². The first kappa shape index (κ1) is 20.7. The van der Waals surface area contributed by atoms with Crippen molar-refractivity contribution >= 4 is 35.2 Å². The molecule has 2 atom stereocenters. The highest BCUT2D eigenvalue weighted by atomic mass is 32.2. The maximum Gasteiger partial charge on any atom is 0.267 e. The summed E-state index contributed by atoms with van der Waals surface area (Å²) in [5.41, 5.74) is 0.787. The molecule has 2 aromatic rings. The van der Waals surface area contributed by atoms with Gasteiger partial charge in [-0.3, -0.25) is 14.4 Å². The van der Waals surface area contributed by atoms with Gasteiger partial charge in [0.05, 0.1) is 10.9 Å². The number of ether oxygens (including phenoxy) is 2. The Morgan fingerprint density at radius 1 is 0.969 bits per heavy atom. The third kappa shape index (κ3) is 4.12. The van der Waals surface area contributed by atoms with Gasteiger partial charge >= 0.3 is 0 Å². The number of carbonyl (C=O) groups is 3. The van der Waals surface area contributed by atoms with Crippen molar-refractivity contribution in [3.8, 4) is 11.5 Å². The first-order valence-corrected chi connectivity index (χ1v) is 11.5. The SMILES string of the molecule is O=C1Nc2ccccc2S[C@@H]1CC(=O)N1CCN(C(=O)[C@H]2COc3ccccc3O2)CC1. The fourth-order valence-corrected chi connectivity index (χ4v) is 5.14. The minimum Gasteiger partial charge on any atom is -0.485 e. The van der Waals surface area contributed by atoms with Gasteiger partial charge in [0.1, 0.15) is 6.61 Å². The first-order valence-electron chi connectivity index (χ1n) is 10.6. The van der Waals surface area contributed by atoms with E-state index in [0.717, 1.165) is 10.6 Å². The summed E-state index contributed by atoms with van der Waals surface area (Å²) in [6.45, 7) is 1.90.